The van der Waals surface area contributed by atoms with Crippen molar-refractivity contribution in [1.82, 2.24) is 0 Å². The van der Waals surface area contributed by atoms with E-state index in [-0.39, 0.29) is 6.61 Å². The van der Waals surface area contributed by atoms with Gasteiger partial charge in [0.1, 0.15) is 0 Å². The standard InChI is InChI=1S/C8H7F3O.CH4O/c9-8(10,11)7-3-1-6(5-12)2-4-7;1-2/h1-4,12H,5H2;2H,1H3. The zero-order valence-electron chi connectivity index (χ0n) is 7.54. The minimum absolute atomic E-state index is 0.238. The number of aliphatic hydroxyl groups is 2. The molecule has 0 aromatic heterocycles. The zero-order chi connectivity index (χ0) is 11.2. The summed E-state index contributed by atoms with van der Waals surface area (Å²) in [4.78, 5) is 0. The van der Waals surface area contributed by atoms with Gasteiger partial charge in [0.15, 0.2) is 0 Å². The van der Waals surface area contributed by atoms with E-state index < -0.39 is 11.7 Å². The second-order valence-corrected chi connectivity index (χ2v) is 2.35. The van der Waals surface area contributed by atoms with Gasteiger partial charge in [0.05, 0.1) is 12.2 Å². The largest absolute Gasteiger partial charge is 0.416 e. The summed E-state index contributed by atoms with van der Waals surface area (Å²) >= 11 is 0. The Morgan fingerprint density at radius 3 is 1.79 bits per heavy atom. The van der Waals surface area contributed by atoms with Gasteiger partial charge < -0.3 is 10.2 Å². The highest BCUT2D eigenvalue weighted by molar-refractivity contribution is 5.23. The van der Waals surface area contributed by atoms with Gasteiger partial charge >= 0.3 is 6.18 Å². The molecule has 0 aliphatic heterocycles. The molecule has 0 amide bonds. The maximum Gasteiger partial charge on any atom is 0.416 e. The normalized spacial score (nSPS) is 10.4. The van der Waals surface area contributed by atoms with E-state index in [0.29, 0.717) is 5.56 Å². The van der Waals surface area contributed by atoms with Crippen LogP contribution in [-0.4, -0.2) is 17.3 Å². The average Bonchev–Trinajstić information content (AvgIpc) is 2.20. The summed E-state index contributed by atoms with van der Waals surface area (Å²) < 4.78 is 35.9. The van der Waals surface area contributed by atoms with Gasteiger partial charge in [-0.05, 0) is 17.7 Å². The average molecular weight is 208 g/mol. The van der Waals surface area contributed by atoms with Gasteiger partial charge in [0, 0.05) is 7.11 Å². The van der Waals surface area contributed by atoms with Crippen LogP contribution in [0.5, 0.6) is 0 Å². The van der Waals surface area contributed by atoms with Gasteiger partial charge in [0.25, 0.3) is 0 Å². The third-order valence-electron chi connectivity index (χ3n) is 1.46. The molecule has 0 bridgehead atoms. The van der Waals surface area contributed by atoms with Crippen molar-refractivity contribution in [2.45, 2.75) is 12.8 Å². The van der Waals surface area contributed by atoms with Crippen LogP contribution in [0.15, 0.2) is 24.3 Å². The Balaban J connectivity index is 0.000000791. The van der Waals surface area contributed by atoms with Crippen LogP contribution in [-0.2, 0) is 12.8 Å². The smallest absolute Gasteiger partial charge is 0.400 e. The number of halogens is 3. The molecule has 5 heteroatoms. The molecule has 2 nitrogen and oxygen atoms in total. The molecule has 0 aliphatic carbocycles. The second kappa shape index (κ2) is 5.62. The van der Waals surface area contributed by atoms with Gasteiger partial charge in [-0.3, -0.25) is 0 Å². The van der Waals surface area contributed by atoms with Crippen molar-refractivity contribution in [3.05, 3.63) is 35.4 Å². The quantitative estimate of drug-likeness (QED) is 0.738. The molecule has 0 atom stereocenters. The van der Waals surface area contributed by atoms with Crippen molar-refractivity contribution in [3.63, 3.8) is 0 Å². The Morgan fingerprint density at radius 2 is 1.50 bits per heavy atom. The minimum Gasteiger partial charge on any atom is -0.400 e. The molecule has 0 aliphatic rings. The molecular weight excluding hydrogens is 197 g/mol. The molecule has 0 saturated heterocycles. The first-order valence-electron chi connectivity index (χ1n) is 3.76. The Morgan fingerprint density at radius 1 is 1.07 bits per heavy atom. The monoisotopic (exact) mass is 208 g/mol. The molecule has 2 N–H and O–H groups in total. The van der Waals surface area contributed by atoms with E-state index in [0.717, 1.165) is 19.2 Å². The summed E-state index contributed by atoms with van der Waals surface area (Å²) in [5, 5.41) is 15.6. The number of hydrogen-bond donors (Lipinski definition) is 2. The van der Waals surface area contributed by atoms with Crippen LogP contribution in [0.4, 0.5) is 13.2 Å². The number of hydrogen-bond acceptors (Lipinski definition) is 2. The number of alkyl halides is 3. The van der Waals surface area contributed by atoms with Crippen LogP contribution >= 0.6 is 0 Å². The molecule has 80 valence electrons. The molecule has 0 unspecified atom stereocenters. The van der Waals surface area contributed by atoms with Crippen LogP contribution in [0.2, 0.25) is 0 Å². The molecule has 1 rings (SSSR count). The molecule has 0 heterocycles. The summed E-state index contributed by atoms with van der Waals surface area (Å²) in [6.45, 7) is -0.238. The van der Waals surface area contributed by atoms with E-state index in [1.54, 1.807) is 0 Å². The maximum atomic E-state index is 12.0. The predicted molar refractivity (Wildman–Crippen MR) is 45.5 cm³/mol. The lowest BCUT2D eigenvalue weighted by Gasteiger charge is -2.05. The maximum absolute atomic E-state index is 12.0. The third kappa shape index (κ3) is 3.76. The van der Waals surface area contributed by atoms with Gasteiger partial charge in [-0.25, -0.2) is 0 Å². The van der Waals surface area contributed by atoms with E-state index in [1.807, 2.05) is 0 Å². The summed E-state index contributed by atoms with van der Waals surface area (Å²) in [5.74, 6) is 0. The van der Waals surface area contributed by atoms with Crippen molar-refractivity contribution < 1.29 is 23.4 Å². The first-order valence-corrected chi connectivity index (χ1v) is 3.76. The fourth-order valence-corrected chi connectivity index (χ4v) is 0.799. The van der Waals surface area contributed by atoms with E-state index in [9.17, 15) is 13.2 Å². The molecule has 0 fully saturated rings. The molecular formula is C9H11F3O2. The van der Waals surface area contributed by atoms with Crippen molar-refractivity contribution in [2.75, 3.05) is 7.11 Å². The van der Waals surface area contributed by atoms with E-state index in [4.69, 9.17) is 10.2 Å². The van der Waals surface area contributed by atoms with Crippen LogP contribution in [0.25, 0.3) is 0 Å². The Kier molecular flexibility index (Phi) is 5.19. The Labute approximate surface area is 79.6 Å². The first kappa shape index (κ1) is 12.9. The van der Waals surface area contributed by atoms with Gasteiger partial charge in [0.2, 0.25) is 0 Å². The summed E-state index contributed by atoms with van der Waals surface area (Å²) in [5.41, 5.74) is -0.220. The van der Waals surface area contributed by atoms with Crippen LogP contribution in [0.3, 0.4) is 0 Å². The van der Waals surface area contributed by atoms with Crippen molar-refractivity contribution in [3.8, 4) is 0 Å². The SMILES string of the molecule is CO.OCc1ccc(C(F)(F)F)cc1. The molecule has 0 saturated carbocycles. The van der Waals surface area contributed by atoms with Crippen LogP contribution in [0.1, 0.15) is 11.1 Å². The lowest BCUT2D eigenvalue weighted by Crippen LogP contribution is -2.04. The third-order valence-corrected chi connectivity index (χ3v) is 1.46. The van der Waals surface area contributed by atoms with Gasteiger partial charge in [-0.15, -0.1) is 0 Å². The zero-order valence-corrected chi connectivity index (χ0v) is 7.54. The van der Waals surface area contributed by atoms with Crippen molar-refractivity contribution >= 4 is 0 Å². The molecule has 1 aromatic rings. The number of rotatable bonds is 1. The molecule has 0 radical (unpaired) electrons. The summed E-state index contributed by atoms with van der Waals surface area (Å²) in [7, 11) is 1.00. The highest BCUT2D eigenvalue weighted by Crippen LogP contribution is 2.28. The van der Waals surface area contributed by atoms with E-state index in [2.05, 4.69) is 0 Å². The van der Waals surface area contributed by atoms with Crippen molar-refractivity contribution in [2.24, 2.45) is 0 Å². The predicted octanol–water partition coefficient (Wildman–Crippen LogP) is 1.81. The van der Waals surface area contributed by atoms with E-state index >= 15 is 0 Å². The highest BCUT2D eigenvalue weighted by atomic mass is 19.4. The lowest BCUT2D eigenvalue weighted by molar-refractivity contribution is -0.137. The van der Waals surface area contributed by atoms with Crippen molar-refractivity contribution in [1.29, 1.82) is 0 Å². The Bertz CT molecular complexity index is 254. The Hall–Kier alpha value is -1.07. The second-order valence-electron chi connectivity index (χ2n) is 2.35. The van der Waals surface area contributed by atoms with Crippen LogP contribution < -0.4 is 0 Å². The topological polar surface area (TPSA) is 40.5 Å². The van der Waals surface area contributed by atoms with Gasteiger partial charge in [-0.1, -0.05) is 12.1 Å². The summed E-state index contributed by atoms with van der Waals surface area (Å²) in [6, 6.07) is 4.41. The van der Waals surface area contributed by atoms with Crippen LogP contribution in [0, 0.1) is 0 Å². The molecule has 14 heavy (non-hydrogen) atoms. The fraction of sp³-hybridized carbons (Fsp3) is 0.333. The van der Waals surface area contributed by atoms with E-state index in [1.165, 1.54) is 12.1 Å². The first-order chi connectivity index (χ1) is 6.54. The highest BCUT2D eigenvalue weighted by Gasteiger charge is 2.29. The molecule has 0 spiro atoms. The number of aliphatic hydroxyl groups excluding tert-OH is 2. The minimum atomic E-state index is -4.30. The summed E-state index contributed by atoms with van der Waals surface area (Å²) in [6.07, 6.45) is -4.30. The fourth-order valence-electron chi connectivity index (χ4n) is 0.799. The lowest BCUT2D eigenvalue weighted by atomic mass is 10.1. The van der Waals surface area contributed by atoms with Gasteiger partial charge in [-0.2, -0.15) is 13.2 Å². The molecule has 1 aromatic carbocycles. The number of benzene rings is 1.